The highest BCUT2D eigenvalue weighted by Gasteiger charge is 2.22. The highest BCUT2D eigenvalue weighted by Crippen LogP contribution is 2.30. The number of hydrogen-bond acceptors (Lipinski definition) is 5. The maximum absolute atomic E-state index is 11.4. The number of rotatable bonds is 4. The summed E-state index contributed by atoms with van der Waals surface area (Å²) in [6, 6.07) is 5.39. The normalized spacial score (nSPS) is 19.2. The van der Waals surface area contributed by atoms with E-state index in [2.05, 4.69) is 0 Å². The van der Waals surface area contributed by atoms with Gasteiger partial charge < -0.3 is 9.84 Å². The van der Waals surface area contributed by atoms with Crippen molar-refractivity contribution in [2.45, 2.75) is 13.5 Å². The third kappa shape index (κ3) is 3.61. The number of para-hydroxylation sites is 1. The molecule has 6 heteroatoms. The summed E-state index contributed by atoms with van der Waals surface area (Å²) in [5.41, 5.74) is 0.769. The second kappa shape index (κ2) is 5.79. The van der Waals surface area contributed by atoms with E-state index in [1.54, 1.807) is 6.07 Å². The minimum atomic E-state index is -2.86. The van der Waals surface area contributed by atoms with Crippen LogP contribution in [0.1, 0.15) is 12.5 Å². The first kappa shape index (κ1) is 14.1. The Labute approximate surface area is 113 Å². The molecule has 1 heterocycles. The van der Waals surface area contributed by atoms with Crippen molar-refractivity contribution in [3.05, 3.63) is 23.8 Å². The van der Waals surface area contributed by atoms with Gasteiger partial charge in [-0.15, -0.1) is 0 Å². The molecule has 0 unspecified atom stereocenters. The van der Waals surface area contributed by atoms with Crippen molar-refractivity contribution in [2.24, 2.45) is 0 Å². The molecule has 0 radical (unpaired) electrons. The predicted octanol–water partition coefficient (Wildman–Crippen LogP) is 1.02. The van der Waals surface area contributed by atoms with E-state index >= 15 is 0 Å². The summed E-state index contributed by atoms with van der Waals surface area (Å²) >= 11 is 0. The van der Waals surface area contributed by atoms with Gasteiger partial charge in [-0.05, 0) is 13.0 Å². The fraction of sp³-hybridized carbons (Fsp3) is 0.538. The summed E-state index contributed by atoms with van der Waals surface area (Å²) in [4.78, 5) is 2.03. The Hall–Kier alpha value is -1.27. The van der Waals surface area contributed by atoms with Crippen LogP contribution < -0.4 is 4.74 Å². The van der Waals surface area contributed by atoms with Gasteiger partial charge in [-0.1, -0.05) is 12.1 Å². The van der Waals surface area contributed by atoms with Gasteiger partial charge in [-0.25, -0.2) is 8.42 Å². The number of phenols is 1. The molecule has 0 aromatic heterocycles. The minimum Gasteiger partial charge on any atom is -0.504 e. The van der Waals surface area contributed by atoms with Gasteiger partial charge in [0.2, 0.25) is 0 Å². The third-order valence-electron chi connectivity index (χ3n) is 3.21. The number of hydrogen-bond donors (Lipinski definition) is 1. The van der Waals surface area contributed by atoms with E-state index in [0.717, 1.165) is 5.56 Å². The lowest BCUT2D eigenvalue weighted by molar-refractivity contribution is 0.277. The smallest absolute Gasteiger partial charge is 0.162 e. The Balaban J connectivity index is 2.05. The lowest BCUT2D eigenvalue weighted by atomic mass is 10.1. The lowest BCUT2D eigenvalue weighted by Crippen LogP contribution is -2.39. The van der Waals surface area contributed by atoms with Gasteiger partial charge in [0.15, 0.2) is 21.3 Å². The number of aromatic hydroxyl groups is 1. The maximum Gasteiger partial charge on any atom is 0.162 e. The molecule has 1 aliphatic heterocycles. The molecule has 2 rings (SSSR count). The second-order valence-electron chi connectivity index (χ2n) is 4.62. The van der Waals surface area contributed by atoms with Crippen molar-refractivity contribution in [3.63, 3.8) is 0 Å². The number of phenolic OH excluding ortho intramolecular Hbond substituents is 1. The molecular formula is C13H19NO4S. The van der Waals surface area contributed by atoms with E-state index in [1.807, 2.05) is 24.0 Å². The van der Waals surface area contributed by atoms with Crippen LogP contribution in [-0.4, -0.2) is 49.6 Å². The van der Waals surface area contributed by atoms with Crippen molar-refractivity contribution < 1.29 is 18.3 Å². The van der Waals surface area contributed by atoms with Crippen LogP contribution in [0.5, 0.6) is 11.5 Å². The quantitative estimate of drug-likeness (QED) is 0.894. The molecule has 0 bridgehead atoms. The molecule has 1 aromatic carbocycles. The summed E-state index contributed by atoms with van der Waals surface area (Å²) in [6.45, 7) is 3.93. The van der Waals surface area contributed by atoms with Gasteiger partial charge in [0.1, 0.15) is 0 Å². The van der Waals surface area contributed by atoms with Crippen LogP contribution in [0.25, 0.3) is 0 Å². The zero-order valence-electron chi connectivity index (χ0n) is 11.0. The zero-order chi connectivity index (χ0) is 13.9. The molecule has 0 amide bonds. The van der Waals surface area contributed by atoms with Gasteiger partial charge in [0.25, 0.3) is 0 Å². The Bertz CT molecular complexity index is 528. The lowest BCUT2D eigenvalue weighted by Gasteiger charge is -2.26. The van der Waals surface area contributed by atoms with Crippen LogP contribution >= 0.6 is 0 Å². The molecule has 19 heavy (non-hydrogen) atoms. The average Bonchev–Trinajstić information content (AvgIpc) is 2.37. The molecule has 1 fully saturated rings. The fourth-order valence-corrected chi connectivity index (χ4v) is 3.39. The molecule has 0 spiro atoms. The first-order valence-electron chi connectivity index (χ1n) is 6.38. The molecule has 0 atom stereocenters. The van der Waals surface area contributed by atoms with Crippen molar-refractivity contribution in [3.8, 4) is 11.5 Å². The summed E-state index contributed by atoms with van der Waals surface area (Å²) in [6.07, 6.45) is 0. The van der Waals surface area contributed by atoms with E-state index in [4.69, 9.17) is 4.74 Å². The van der Waals surface area contributed by atoms with Gasteiger partial charge in [-0.2, -0.15) is 0 Å². The first-order valence-corrected chi connectivity index (χ1v) is 8.20. The van der Waals surface area contributed by atoms with E-state index in [1.165, 1.54) is 0 Å². The van der Waals surface area contributed by atoms with Crippen LogP contribution in [0.2, 0.25) is 0 Å². The Morgan fingerprint density at radius 2 is 2.00 bits per heavy atom. The SMILES string of the molecule is CCOc1cccc(CN2CCS(=O)(=O)CC2)c1O. The third-order valence-corrected chi connectivity index (χ3v) is 4.82. The molecule has 5 nitrogen and oxygen atoms in total. The molecular weight excluding hydrogens is 266 g/mol. The Morgan fingerprint density at radius 3 is 2.63 bits per heavy atom. The van der Waals surface area contributed by atoms with Gasteiger partial charge in [-0.3, -0.25) is 4.90 Å². The van der Waals surface area contributed by atoms with Crippen LogP contribution in [0.15, 0.2) is 18.2 Å². The molecule has 0 aliphatic carbocycles. The Kier molecular flexibility index (Phi) is 4.31. The summed E-state index contributed by atoms with van der Waals surface area (Å²) in [5.74, 6) is 1.01. The standard InChI is InChI=1S/C13H19NO4S/c1-2-18-12-5-3-4-11(13(12)15)10-14-6-8-19(16,17)9-7-14/h3-5,15H,2,6-10H2,1H3. The average molecular weight is 285 g/mol. The number of nitrogens with zero attached hydrogens (tertiary/aromatic N) is 1. The van der Waals surface area contributed by atoms with E-state index < -0.39 is 9.84 Å². The molecule has 1 N–H and O–H groups in total. The highest BCUT2D eigenvalue weighted by atomic mass is 32.2. The van der Waals surface area contributed by atoms with Crippen molar-refractivity contribution in [1.29, 1.82) is 0 Å². The first-order chi connectivity index (χ1) is 9.02. The fourth-order valence-electron chi connectivity index (χ4n) is 2.12. The van der Waals surface area contributed by atoms with Crippen molar-refractivity contribution in [2.75, 3.05) is 31.2 Å². The number of sulfone groups is 1. The zero-order valence-corrected chi connectivity index (χ0v) is 11.8. The topological polar surface area (TPSA) is 66.8 Å². The molecule has 1 aliphatic rings. The molecule has 0 saturated carbocycles. The van der Waals surface area contributed by atoms with E-state index in [-0.39, 0.29) is 17.3 Å². The summed E-state index contributed by atoms with van der Waals surface area (Å²) < 4.78 is 28.1. The summed E-state index contributed by atoms with van der Waals surface area (Å²) in [5, 5.41) is 10.1. The largest absolute Gasteiger partial charge is 0.504 e. The maximum atomic E-state index is 11.4. The van der Waals surface area contributed by atoms with Gasteiger partial charge >= 0.3 is 0 Å². The van der Waals surface area contributed by atoms with Crippen molar-refractivity contribution in [1.82, 2.24) is 4.90 Å². The predicted molar refractivity (Wildman–Crippen MR) is 73.2 cm³/mol. The number of ether oxygens (including phenoxy) is 1. The van der Waals surface area contributed by atoms with Crippen LogP contribution in [0, 0.1) is 0 Å². The second-order valence-corrected chi connectivity index (χ2v) is 6.93. The number of benzene rings is 1. The van der Waals surface area contributed by atoms with Gasteiger partial charge in [0, 0.05) is 25.2 Å². The highest BCUT2D eigenvalue weighted by molar-refractivity contribution is 7.91. The minimum absolute atomic E-state index is 0.151. The van der Waals surface area contributed by atoms with Crippen LogP contribution in [0.3, 0.4) is 0 Å². The van der Waals surface area contributed by atoms with Crippen LogP contribution in [0.4, 0.5) is 0 Å². The monoisotopic (exact) mass is 285 g/mol. The van der Waals surface area contributed by atoms with Gasteiger partial charge in [0.05, 0.1) is 18.1 Å². The van der Waals surface area contributed by atoms with Crippen LogP contribution in [-0.2, 0) is 16.4 Å². The van der Waals surface area contributed by atoms with E-state index in [0.29, 0.717) is 32.0 Å². The molecule has 1 saturated heterocycles. The summed E-state index contributed by atoms with van der Waals surface area (Å²) in [7, 11) is -2.86. The molecule has 106 valence electrons. The van der Waals surface area contributed by atoms with E-state index in [9.17, 15) is 13.5 Å². The molecule has 1 aromatic rings. The Morgan fingerprint density at radius 1 is 1.32 bits per heavy atom. The van der Waals surface area contributed by atoms with Crippen molar-refractivity contribution >= 4 is 9.84 Å².